The monoisotopic (exact) mass is 532 g/mol. The molecular formula is C30H32N2O5S. The molecule has 1 saturated heterocycles. The van der Waals surface area contributed by atoms with Gasteiger partial charge in [-0.2, -0.15) is 0 Å². The van der Waals surface area contributed by atoms with Crippen LogP contribution >= 0.6 is 11.3 Å². The number of aromatic nitrogens is 1. The Hall–Kier alpha value is -3.62. The SMILES string of the molecule is COc1ccccc1-c1nc2c(OC)ccc(OC)c2cc1CN(C[C@@H]1CCCO1)C(=O)c1sccc1C. The molecule has 8 heteroatoms. The Balaban J connectivity index is 1.68. The summed E-state index contributed by atoms with van der Waals surface area (Å²) < 4.78 is 23.0. The number of fused-ring (bicyclic) bond motifs is 1. The summed E-state index contributed by atoms with van der Waals surface area (Å²) in [5, 5.41) is 2.78. The predicted octanol–water partition coefficient (Wildman–Crippen LogP) is 6.12. The summed E-state index contributed by atoms with van der Waals surface area (Å²) in [5.41, 5.74) is 4.12. The van der Waals surface area contributed by atoms with Gasteiger partial charge in [0.25, 0.3) is 5.91 Å². The van der Waals surface area contributed by atoms with Gasteiger partial charge in [0.05, 0.1) is 38.0 Å². The minimum absolute atomic E-state index is 0.00307. The molecule has 0 unspecified atom stereocenters. The lowest BCUT2D eigenvalue weighted by atomic mass is 10.0. The highest BCUT2D eigenvalue weighted by Gasteiger charge is 2.27. The molecule has 5 rings (SSSR count). The van der Waals surface area contributed by atoms with E-state index in [1.807, 2.05) is 59.7 Å². The van der Waals surface area contributed by atoms with Gasteiger partial charge in [-0.3, -0.25) is 4.79 Å². The van der Waals surface area contributed by atoms with Crippen LogP contribution in [0.2, 0.25) is 0 Å². The summed E-state index contributed by atoms with van der Waals surface area (Å²) in [4.78, 5) is 21.6. The van der Waals surface area contributed by atoms with Gasteiger partial charge in [-0.15, -0.1) is 11.3 Å². The highest BCUT2D eigenvalue weighted by molar-refractivity contribution is 7.12. The van der Waals surface area contributed by atoms with Crippen molar-refractivity contribution in [2.45, 2.75) is 32.4 Å². The van der Waals surface area contributed by atoms with Gasteiger partial charge < -0.3 is 23.8 Å². The molecule has 0 saturated carbocycles. The van der Waals surface area contributed by atoms with Gasteiger partial charge in [-0.1, -0.05) is 12.1 Å². The Morgan fingerprint density at radius 3 is 2.50 bits per heavy atom. The number of hydrogen-bond donors (Lipinski definition) is 0. The molecule has 198 valence electrons. The van der Waals surface area contributed by atoms with Crippen molar-refractivity contribution >= 4 is 28.1 Å². The van der Waals surface area contributed by atoms with E-state index in [0.29, 0.717) is 35.9 Å². The third-order valence-electron chi connectivity index (χ3n) is 6.94. The smallest absolute Gasteiger partial charge is 0.264 e. The molecule has 1 atom stereocenters. The molecule has 0 aliphatic carbocycles. The van der Waals surface area contributed by atoms with E-state index in [1.165, 1.54) is 11.3 Å². The van der Waals surface area contributed by atoms with E-state index in [4.69, 9.17) is 23.9 Å². The minimum Gasteiger partial charge on any atom is -0.496 e. The molecule has 0 spiro atoms. The third kappa shape index (κ3) is 5.06. The van der Waals surface area contributed by atoms with Crippen molar-refractivity contribution in [3.05, 3.63) is 69.9 Å². The number of benzene rings is 2. The topological polar surface area (TPSA) is 70.1 Å². The Bertz CT molecular complexity index is 1440. The Morgan fingerprint density at radius 1 is 1.05 bits per heavy atom. The van der Waals surface area contributed by atoms with E-state index in [9.17, 15) is 4.79 Å². The molecule has 1 amide bonds. The fourth-order valence-corrected chi connectivity index (χ4v) is 5.87. The maximum absolute atomic E-state index is 13.9. The van der Waals surface area contributed by atoms with Crippen LogP contribution in [0.3, 0.4) is 0 Å². The van der Waals surface area contributed by atoms with E-state index in [0.717, 1.165) is 52.1 Å². The Morgan fingerprint density at radius 2 is 1.82 bits per heavy atom. The van der Waals surface area contributed by atoms with Gasteiger partial charge in [-0.05, 0) is 72.7 Å². The number of rotatable bonds is 9. The van der Waals surface area contributed by atoms with Crippen LogP contribution in [0.15, 0.2) is 53.9 Å². The molecule has 38 heavy (non-hydrogen) atoms. The minimum atomic E-state index is -0.00307. The first-order valence-electron chi connectivity index (χ1n) is 12.7. The molecule has 4 aromatic rings. The number of para-hydroxylation sites is 1. The van der Waals surface area contributed by atoms with Crippen LogP contribution < -0.4 is 14.2 Å². The predicted molar refractivity (Wildman–Crippen MR) is 150 cm³/mol. The largest absolute Gasteiger partial charge is 0.496 e. The second kappa shape index (κ2) is 11.4. The van der Waals surface area contributed by atoms with Crippen LogP contribution in [-0.2, 0) is 11.3 Å². The van der Waals surface area contributed by atoms with Crippen LogP contribution in [0.1, 0.15) is 33.6 Å². The molecule has 1 aliphatic rings. The van der Waals surface area contributed by atoms with E-state index in [-0.39, 0.29) is 12.0 Å². The number of hydrogen-bond acceptors (Lipinski definition) is 7. The Labute approximate surface area is 226 Å². The lowest BCUT2D eigenvalue weighted by molar-refractivity contribution is 0.0510. The number of methoxy groups -OCH3 is 3. The van der Waals surface area contributed by atoms with Crippen molar-refractivity contribution in [2.24, 2.45) is 0 Å². The average molecular weight is 533 g/mol. The Kier molecular flexibility index (Phi) is 7.81. The fraction of sp³-hybridized carbons (Fsp3) is 0.333. The van der Waals surface area contributed by atoms with Gasteiger partial charge in [0.2, 0.25) is 0 Å². The highest BCUT2D eigenvalue weighted by Crippen LogP contribution is 2.39. The molecule has 0 N–H and O–H groups in total. The number of nitrogens with zero attached hydrogens (tertiary/aromatic N) is 2. The van der Waals surface area contributed by atoms with Crippen LogP contribution in [0.25, 0.3) is 22.2 Å². The van der Waals surface area contributed by atoms with Crippen molar-refractivity contribution in [3.63, 3.8) is 0 Å². The fourth-order valence-electron chi connectivity index (χ4n) is 4.98. The average Bonchev–Trinajstić information content (AvgIpc) is 3.62. The van der Waals surface area contributed by atoms with Crippen molar-refractivity contribution in [2.75, 3.05) is 34.5 Å². The van der Waals surface area contributed by atoms with Crippen molar-refractivity contribution in [1.82, 2.24) is 9.88 Å². The van der Waals surface area contributed by atoms with Crippen LogP contribution in [0.4, 0.5) is 0 Å². The van der Waals surface area contributed by atoms with E-state index in [2.05, 4.69) is 6.07 Å². The number of pyridine rings is 1. The number of thiophene rings is 1. The van der Waals surface area contributed by atoms with Crippen LogP contribution in [0, 0.1) is 6.92 Å². The van der Waals surface area contributed by atoms with E-state index < -0.39 is 0 Å². The van der Waals surface area contributed by atoms with Crippen LogP contribution in [0.5, 0.6) is 17.2 Å². The highest BCUT2D eigenvalue weighted by atomic mass is 32.1. The van der Waals surface area contributed by atoms with Gasteiger partial charge in [0.15, 0.2) is 0 Å². The lowest BCUT2D eigenvalue weighted by Crippen LogP contribution is -2.37. The second-order valence-electron chi connectivity index (χ2n) is 9.32. The van der Waals surface area contributed by atoms with Gasteiger partial charge in [0, 0.05) is 30.6 Å². The quantitative estimate of drug-likeness (QED) is 0.259. The summed E-state index contributed by atoms with van der Waals surface area (Å²) in [5.74, 6) is 2.03. The number of amides is 1. The molecule has 3 heterocycles. The maximum atomic E-state index is 13.9. The lowest BCUT2D eigenvalue weighted by Gasteiger charge is -2.27. The zero-order valence-electron chi connectivity index (χ0n) is 22.2. The summed E-state index contributed by atoms with van der Waals surface area (Å²) in [6.07, 6.45) is 1.95. The molecule has 0 bridgehead atoms. The first-order valence-corrected chi connectivity index (χ1v) is 13.5. The summed E-state index contributed by atoms with van der Waals surface area (Å²) in [7, 11) is 4.92. The number of carbonyl (C=O) groups excluding carboxylic acids is 1. The van der Waals surface area contributed by atoms with Gasteiger partial charge in [0.1, 0.15) is 22.8 Å². The first kappa shape index (κ1) is 26.0. The standard InChI is InChI=1S/C30H32N2O5S/c1-19-13-15-38-29(19)30(33)32(18-21-8-7-14-37-21)17-20-16-23-25(35-3)11-12-26(36-4)28(23)31-27(20)22-9-5-6-10-24(22)34-2/h5-6,9-13,15-16,21H,7-8,14,17-18H2,1-4H3/t21-/m0/s1. The zero-order valence-corrected chi connectivity index (χ0v) is 23.0. The third-order valence-corrected chi connectivity index (χ3v) is 7.95. The first-order chi connectivity index (χ1) is 18.5. The zero-order chi connectivity index (χ0) is 26.6. The van der Waals surface area contributed by atoms with E-state index in [1.54, 1.807) is 21.3 Å². The summed E-state index contributed by atoms with van der Waals surface area (Å²) >= 11 is 1.47. The molecule has 1 aliphatic heterocycles. The van der Waals surface area contributed by atoms with Crippen molar-refractivity contribution < 1.29 is 23.7 Å². The maximum Gasteiger partial charge on any atom is 0.264 e. The molecule has 7 nitrogen and oxygen atoms in total. The number of aryl methyl sites for hydroxylation is 1. The van der Waals surface area contributed by atoms with Gasteiger partial charge >= 0.3 is 0 Å². The number of ether oxygens (including phenoxy) is 4. The molecule has 2 aromatic carbocycles. The van der Waals surface area contributed by atoms with Gasteiger partial charge in [-0.25, -0.2) is 4.98 Å². The van der Waals surface area contributed by atoms with E-state index >= 15 is 0 Å². The molecule has 1 fully saturated rings. The van der Waals surface area contributed by atoms with Crippen molar-refractivity contribution in [1.29, 1.82) is 0 Å². The summed E-state index contributed by atoms with van der Waals surface area (Å²) in [6.45, 7) is 3.57. The number of carbonyl (C=O) groups is 1. The van der Waals surface area contributed by atoms with Crippen molar-refractivity contribution in [3.8, 4) is 28.5 Å². The molecule has 2 aromatic heterocycles. The normalized spacial score (nSPS) is 15.0. The van der Waals surface area contributed by atoms with Crippen LogP contribution in [-0.4, -0.2) is 56.4 Å². The second-order valence-corrected chi connectivity index (χ2v) is 10.2. The molecular weight excluding hydrogens is 500 g/mol. The molecule has 0 radical (unpaired) electrons. The summed E-state index contributed by atoms with van der Waals surface area (Å²) in [6, 6.07) is 15.6.